The molecule has 0 fully saturated rings. The number of fused-ring (bicyclic) bond motifs is 1. The normalized spacial score (nSPS) is 18.6. The summed E-state index contributed by atoms with van der Waals surface area (Å²) in [6, 6.07) is 26.5. The summed E-state index contributed by atoms with van der Waals surface area (Å²) < 4.78 is 6.75. The fourth-order valence-corrected chi connectivity index (χ4v) is 5.03. The smallest absolute Gasteiger partial charge is 0.174 e. The molecule has 1 aromatic heterocycles. The number of methoxy groups -OCH3 is 1. The first-order valence-electron chi connectivity index (χ1n) is 12.0. The predicted octanol–water partition coefficient (Wildman–Crippen LogP) is 5.61. The van der Waals surface area contributed by atoms with Crippen LogP contribution in [0, 0.1) is 0 Å². The van der Waals surface area contributed by atoms with Crippen LogP contribution in [0.4, 0.5) is 5.69 Å². The van der Waals surface area contributed by atoms with Gasteiger partial charge >= 0.3 is 0 Å². The largest absolute Gasteiger partial charge is 0.365 e. The molecule has 1 aliphatic rings. The summed E-state index contributed by atoms with van der Waals surface area (Å²) in [5.74, 6) is 0. The van der Waals surface area contributed by atoms with E-state index in [0.29, 0.717) is 6.04 Å². The van der Waals surface area contributed by atoms with E-state index in [4.69, 9.17) is 4.74 Å². The van der Waals surface area contributed by atoms with E-state index in [1.807, 2.05) is 24.0 Å². The maximum Gasteiger partial charge on any atom is 0.174 e. The zero-order valence-corrected chi connectivity index (χ0v) is 20.4. The highest BCUT2D eigenvalue weighted by Gasteiger charge is 2.33. The van der Waals surface area contributed by atoms with Crippen LogP contribution in [-0.2, 0) is 18.2 Å². The number of aromatic nitrogens is 2. The predicted molar refractivity (Wildman–Crippen MR) is 141 cm³/mol. The third kappa shape index (κ3) is 4.78. The van der Waals surface area contributed by atoms with Crippen LogP contribution in [0.15, 0.2) is 91.3 Å². The van der Waals surface area contributed by atoms with Crippen molar-refractivity contribution >= 4 is 11.8 Å². The first-order chi connectivity index (χ1) is 17.0. The average molecular weight is 466 g/mol. The molecular weight excluding hydrogens is 434 g/mol. The minimum Gasteiger partial charge on any atom is -0.365 e. The Morgan fingerprint density at radius 2 is 1.80 bits per heavy atom. The number of aliphatic hydroxyl groups is 1. The second-order valence-electron chi connectivity index (χ2n) is 9.17. The van der Waals surface area contributed by atoms with Gasteiger partial charge in [-0.2, -0.15) is 5.10 Å². The van der Waals surface area contributed by atoms with Gasteiger partial charge in [-0.15, -0.1) is 0 Å². The highest BCUT2D eigenvalue weighted by atomic mass is 16.6. The molecule has 1 unspecified atom stereocenters. The third-order valence-corrected chi connectivity index (χ3v) is 6.75. The summed E-state index contributed by atoms with van der Waals surface area (Å²) >= 11 is 0. The molecule has 0 radical (unpaired) electrons. The van der Waals surface area contributed by atoms with Gasteiger partial charge in [-0.25, -0.2) is 0 Å². The van der Waals surface area contributed by atoms with E-state index < -0.39 is 6.29 Å². The Morgan fingerprint density at radius 3 is 2.49 bits per heavy atom. The molecule has 178 valence electrons. The van der Waals surface area contributed by atoms with Crippen molar-refractivity contribution in [3.8, 4) is 11.1 Å². The molecule has 0 bridgehead atoms. The summed E-state index contributed by atoms with van der Waals surface area (Å²) in [5, 5.41) is 14.0. The molecule has 2 heterocycles. The van der Waals surface area contributed by atoms with Gasteiger partial charge in [-0.05, 0) is 59.4 Å². The minimum atomic E-state index is -0.900. The molecule has 0 amide bonds. The molecule has 3 atom stereocenters. The van der Waals surface area contributed by atoms with Gasteiger partial charge in [0.1, 0.15) is 0 Å². The summed E-state index contributed by atoms with van der Waals surface area (Å²) in [5.41, 5.74) is 8.53. The molecule has 5 nitrogen and oxygen atoms in total. The van der Waals surface area contributed by atoms with Crippen LogP contribution in [0.1, 0.15) is 35.2 Å². The molecule has 4 aromatic rings. The van der Waals surface area contributed by atoms with Gasteiger partial charge in [0.05, 0.1) is 12.2 Å². The molecule has 0 spiro atoms. The van der Waals surface area contributed by atoms with Gasteiger partial charge in [-0.3, -0.25) is 4.68 Å². The maximum atomic E-state index is 9.66. The van der Waals surface area contributed by atoms with Crippen molar-refractivity contribution in [2.24, 2.45) is 7.05 Å². The van der Waals surface area contributed by atoms with Gasteiger partial charge in [0.15, 0.2) is 6.29 Å². The lowest BCUT2D eigenvalue weighted by Gasteiger charge is -2.44. The van der Waals surface area contributed by atoms with Gasteiger partial charge in [0.2, 0.25) is 0 Å². The van der Waals surface area contributed by atoms with Gasteiger partial charge < -0.3 is 14.7 Å². The Kier molecular flexibility index (Phi) is 6.53. The Bertz CT molecular complexity index is 1310. The van der Waals surface area contributed by atoms with Gasteiger partial charge in [0, 0.05) is 37.6 Å². The van der Waals surface area contributed by atoms with E-state index >= 15 is 0 Å². The van der Waals surface area contributed by atoms with Crippen molar-refractivity contribution in [2.45, 2.75) is 31.7 Å². The summed E-state index contributed by atoms with van der Waals surface area (Å²) in [6.45, 7) is 2.31. The van der Waals surface area contributed by atoms with Gasteiger partial charge in [0.25, 0.3) is 0 Å². The lowest BCUT2D eigenvalue weighted by molar-refractivity contribution is -0.0350. The minimum absolute atomic E-state index is 0.0988. The van der Waals surface area contributed by atoms with Crippen molar-refractivity contribution < 1.29 is 9.84 Å². The van der Waals surface area contributed by atoms with Crippen LogP contribution in [-0.4, -0.2) is 34.3 Å². The molecule has 1 N–H and O–H groups in total. The van der Waals surface area contributed by atoms with Crippen molar-refractivity contribution in [3.63, 3.8) is 0 Å². The Labute approximate surface area is 206 Å². The quantitative estimate of drug-likeness (QED) is 0.376. The molecule has 0 saturated heterocycles. The number of hydrogen-bond acceptors (Lipinski definition) is 4. The highest BCUT2D eigenvalue weighted by Crippen LogP contribution is 2.42. The van der Waals surface area contributed by atoms with Crippen molar-refractivity contribution in [3.05, 3.63) is 114 Å². The van der Waals surface area contributed by atoms with E-state index in [1.165, 1.54) is 35.1 Å². The standard InChI is InChI=1S/C30H31N3O2/c1-21-17-25-18-24(26-19-31-32(2)20-26)14-15-28(25)30(33(21)27-7-5-4-6-8-27)23-12-9-22(10-13-23)11-16-29(34)35-3/h4-16,18-21,29-30,34H,17H2,1-3H3/b16-11+/t21-,29?,30-/m1/s1. The van der Waals surface area contributed by atoms with Crippen LogP contribution in [0.3, 0.4) is 0 Å². The first kappa shape index (κ1) is 23.1. The zero-order valence-electron chi connectivity index (χ0n) is 20.4. The Hall–Kier alpha value is -3.67. The van der Waals surface area contributed by atoms with Crippen molar-refractivity contribution in [1.29, 1.82) is 0 Å². The Morgan fingerprint density at radius 1 is 1.03 bits per heavy atom. The molecule has 5 heteroatoms. The molecule has 0 saturated carbocycles. The van der Waals surface area contributed by atoms with Crippen LogP contribution in [0.25, 0.3) is 17.2 Å². The second kappa shape index (κ2) is 9.90. The number of para-hydroxylation sites is 1. The average Bonchev–Trinajstić information content (AvgIpc) is 3.33. The fourth-order valence-electron chi connectivity index (χ4n) is 5.03. The highest BCUT2D eigenvalue weighted by molar-refractivity contribution is 5.66. The van der Waals surface area contributed by atoms with Crippen LogP contribution >= 0.6 is 0 Å². The van der Waals surface area contributed by atoms with Crippen LogP contribution in [0.5, 0.6) is 0 Å². The lowest BCUT2D eigenvalue weighted by atomic mass is 9.83. The number of nitrogens with zero attached hydrogens (tertiary/aromatic N) is 3. The zero-order chi connectivity index (χ0) is 24.4. The summed E-state index contributed by atoms with van der Waals surface area (Å²) in [7, 11) is 3.43. The SMILES string of the molecule is COC(O)/C=C/c1ccc([C@@H]2c3ccc(-c4cnn(C)c4)cc3C[C@@H](C)N2c2ccccc2)cc1. The van der Waals surface area contributed by atoms with Crippen molar-refractivity contribution in [1.82, 2.24) is 9.78 Å². The molecule has 5 rings (SSSR count). The number of anilines is 1. The van der Waals surface area contributed by atoms with Crippen LogP contribution < -0.4 is 4.90 Å². The first-order valence-corrected chi connectivity index (χ1v) is 12.0. The Balaban J connectivity index is 1.57. The molecular formula is C30H31N3O2. The third-order valence-electron chi connectivity index (χ3n) is 6.75. The molecule has 3 aromatic carbocycles. The van der Waals surface area contributed by atoms with E-state index in [-0.39, 0.29) is 6.04 Å². The number of rotatable bonds is 6. The molecule has 1 aliphatic heterocycles. The van der Waals surface area contributed by atoms with Gasteiger partial charge in [-0.1, -0.05) is 66.7 Å². The van der Waals surface area contributed by atoms with Crippen LogP contribution in [0.2, 0.25) is 0 Å². The molecule has 0 aliphatic carbocycles. The van der Waals surface area contributed by atoms with Crippen molar-refractivity contribution in [2.75, 3.05) is 12.0 Å². The van der Waals surface area contributed by atoms with E-state index in [9.17, 15) is 5.11 Å². The maximum absolute atomic E-state index is 9.66. The number of hydrogen-bond donors (Lipinski definition) is 1. The molecule has 35 heavy (non-hydrogen) atoms. The summed E-state index contributed by atoms with van der Waals surface area (Å²) in [4.78, 5) is 2.53. The van der Waals surface area contributed by atoms with E-state index in [2.05, 4.69) is 95.9 Å². The lowest BCUT2D eigenvalue weighted by Crippen LogP contribution is -2.42. The van der Waals surface area contributed by atoms with E-state index in [0.717, 1.165) is 17.5 Å². The number of ether oxygens (including phenoxy) is 1. The number of aryl methyl sites for hydroxylation is 1. The number of benzene rings is 3. The second-order valence-corrected chi connectivity index (χ2v) is 9.17. The summed E-state index contributed by atoms with van der Waals surface area (Å²) in [6.07, 6.45) is 7.59. The monoisotopic (exact) mass is 465 g/mol. The van der Waals surface area contributed by atoms with E-state index in [1.54, 1.807) is 6.08 Å². The topological polar surface area (TPSA) is 50.5 Å². The number of aliphatic hydroxyl groups excluding tert-OH is 1. The fraction of sp³-hybridized carbons (Fsp3) is 0.233.